The Bertz CT molecular complexity index is 2000. The molecule has 6 rings (SSSR count). The third-order valence-electron chi connectivity index (χ3n) is 14.8. The number of hydrogen-bond acceptors (Lipinski definition) is 36. The molecule has 0 aromatic heterocycles. The van der Waals surface area contributed by atoms with Gasteiger partial charge < -0.3 is 163 Å². The zero-order valence-corrected chi connectivity index (χ0v) is 42.3. The lowest BCUT2D eigenvalue weighted by Crippen LogP contribution is -2.74. The molecule has 0 amide bonds. The van der Waals surface area contributed by atoms with Crippen LogP contribution in [-0.2, 0) is 61.8 Å². The van der Waals surface area contributed by atoms with Gasteiger partial charge in [-0.25, -0.2) is 0 Å². The molecule has 28 N–H and O–H groups in total. The first kappa shape index (κ1) is 65.2. The first-order valence-corrected chi connectivity index (χ1v) is 25.4. The minimum absolute atomic E-state index is 0.0789. The van der Waals surface area contributed by atoms with Crippen molar-refractivity contribution in [3.8, 4) is 0 Å². The van der Waals surface area contributed by atoms with Crippen LogP contribution in [0.3, 0.4) is 0 Å². The summed E-state index contributed by atoms with van der Waals surface area (Å²) in [5.74, 6) is -3.05. The SMILES string of the molecule is CC(=O)SC(CC(=O)[C@]1(CO)O[C@H](OC2[C@@H](CO)O[C@@H](OC3[C@@H](CO)O[C@@H](O)[C@H](N)[C@H]3O)[C@H](N)[C@H]2O)[C@H](N)[C@@H](O)[C@@H]1O)C(=O)[C@]1(CO)O[C@H](OC2[C@@H](CO)O[C@@H](OC3[C@@H](CO)O[C@@H](O)[C@H](N)[C@H]3O)[C@H](N)[C@H]2O)[C@H](N)[C@@H](O)[C@@H]1O. The average Bonchev–Trinajstić information content (AvgIpc) is 3.52. The van der Waals surface area contributed by atoms with Gasteiger partial charge in [0.05, 0.1) is 81.1 Å². The van der Waals surface area contributed by atoms with Gasteiger partial charge in [0.1, 0.15) is 97.7 Å². The summed E-state index contributed by atoms with van der Waals surface area (Å²) in [4.78, 5) is 42.1. The number of rotatable bonds is 20. The van der Waals surface area contributed by atoms with Crippen LogP contribution in [-0.4, -0.2) is 326 Å². The summed E-state index contributed by atoms with van der Waals surface area (Å²) in [5, 5.41) is 169. The highest BCUT2D eigenvalue weighted by Gasteiger charge is 2.63. The molecule has 452 valence electrons. The maximum Gasteiger partial charge on any atom is 0.186 e. The fraction of sp³-hybridized carbons (Fsp3) is 0.929. The van der Waals surface area contributed by atoms with Crippen LogP contribution in [0.4, 0.5) is 0 Å². The molecule has 0 bridgehead atoms. The van der Waals surface area contributed by atoms with Crippen molar-refractivity contribution < 1.29 is 143 Å². The second kappa shape index (κ2) is 26.8. The molecular weight excluding hydrogens is 1080 g/mol. The van der Waals surface area contributed by atoms with E-state index in [2.05, 4.69) is 0 Å². The van der Waals surface area contributed by atoms with E-state index in [0.717, 1.165) is 6.92 Å². The molecular formula is C42H74N6O29S. The number of nitrogens with two attached hydrogens (primary N) is 6. The minimum atomic E-state index is -3.12. The van der Waals surface area contributed by atoms with E-state index in [0.29, 0.717) is 0 Å². The van der Waals surface area contributed by atoms with Crippen LogP contribution in [0.15, 0.2) is 0 Å². The van der Waals surface area contributed by atoms with Gasteiger partial charge in [0.2, 0.25) is 0 Å². The van der Waals surface area contributed by atoms with Gasteiger partial charge in [-0.05, 0) is 0 Å². The topological polar surface area (TPSA) is 623 Å². The third kappa shape index (κ3) is 12.5. The Kier molecular flexibility index (Phi) is 22.4. The van der Waals surface area contributed by atoms with Crippen LogP contribution in [0.25, 0.3) is 0 Å². The zero-order valence-electron chi connectivity index (χ0n) is 41.5. The number of carbonyl (C=O) groups is 3. The maximum absolute atomic E-state index is 14.8. The van der Waals surface area contributed by atoms with Crippen molar-refractivity contribution in [3.63, 3.8) is 0 Å². The average molecular weight is 1160 g/mol. The summed E-state index contributed by atoms with van der Waals surface area (Å²) in [6.07, 6.45) is -42.4. The Morgan fingerprint density at radius 2 is 0.769 bits per heavy atom. The molecule has 6 heterocycles. The normalized spacial score (nSPS) is 49.7. The van der Waals surface area contributed by atoms with Crippen molar-refractivity contribution in [2.45, 2.75) is 201 Å². The largest absolute Gasteiger partial charge is 0.394 e. The van der Waals surface area contributed by atoms with E-state index >= 15 is 0 Å². The second-order valence-electron chi connectivity index (χ2n) is 19.8. The predicted molar refractivity (Wildman–Crippen MR) is 249 cm³/mol. The molecule has 6 aliphatic rings. The highest BCUT2D eigenvalue weighted by molar-refractivity contribution is 8.14. The van der Waals surface area contributed by atoms with E-state index in [-0.39, 0.29) is 11.8 Å². The van der Waals surface area contributed by atoms with E-state index < -0.39 is 251 Å². The van der Waals surface area contributed by atoms with Gasteiger partial charge in [-0.15, -0.1) is 0 Å². The molecule has 0 saturated carbocycles. The lowest BCUT2D eigenvalue weighted by Gasteiger charge is -2.51. The smallest absolute Gasteiger partial charge is 0.186 e. The number of Topliss-reactive ketones (excluding diaryl/α,β-unsaturated/α-hetero) is 2. The van der Waals surface area contributed by atoms with E-state index in [1.165, 1.54) is 0 Å². The summed E-state index contributed by atoms with van der Waals surface area (Å²) < 4.78 is 56.6. The number of carbonyl (C=O) groups excluding carboxylic acids is 3. The van der Waals surface area contributed by atoms with Crippen LogP contribution in [0, 0.1) is 0 Å². The number of ketones is 2. The first-order chi connectivity index (χ1) is 36.6. The number of aliphatic hydroxyl groups is 16. The van der Waals surface area contributed by atoms with Gasteiger partial charge in [0, 0.05) is 13.3 Å². The number of aliphatic hydroxyl groups excluding tert-OH is 16. The Labute approximate surface area is 446 Å². The Hall–Kier alpha value is -1.92. The molecule has 0 aromatic carbocycles. The highest BCUT2D eigenvalue weighted by atomic mass is 32.2. The molecule has 0 aliphatic carbocycles. The van der Waals surface area contributed by atoms with Gasteiger partial charge >= 0.3 is 0 Å². The van der Waals surface area contributed by atoms with Crippen LogP contribution >= 0.6 is 11.8 Å². The van der Waals surface area contributed by atoms with E-state index in [1.54, 1.807) is 0 Å². The Balaban J connectivity index is 1.21. The number of hydrogen-bond donors (Lipinski definition) is 22. The van der Waals surface area contributed by atoms with E-state index in [4.69, 9.17) is 81.8 Å². The molecule has 31 atom stereocenters. The second-order valence-corrected chi connectivity index (χ2v) is 21.2. The van der Waals surface area contributed by atoms with E-state index in [1.807, 2.05) is 0 Å². The predicted octanol–water partition coefficient (Wildman–Crippen LogP) is -15.4. The summed E-state index contributed by atoms with van der Waals surface area (Å²) in [6, 6.07) is -10.0. The van der Waals surface area contributed by atoms with Gasteiger partial charge in [-0.1, -0.05) is 11.8 Å². The molecule has 0 aromatic rings. The summed E-state index contributed by atoms with van der Waals surface area (Å²) >= 11 is 0.0789. The fourth-order valence-corrected chi connectivity index (χ4v) is 11.0. The van der Waals surface area contributed by atoms with E-state index in [9.17, 15) is 96.1 Å². The zero-order chi connectivity index (χ0) is 58.2. The first-order valence-electron chi connectivity index (χ1n) is 24.5. The van der Waals surface area contributed by atoms with Crippen LogP contribution in [0.2, 0.25) is 0 Å². The van der Waals surface area contributed by atoms with Crippen molar-refractivity contribution in [1.82, 2.24) is 0 Å². The number of ether oxygens (including phenoxy) is 10. The molecule has 35 nitrogen and oxygen atoms in total. The summed E-state index contributed by atoms with van der Waals surface area (Å²) in [6.45, 7) is -5.86. The Morgan fingerprint density at radius 3 is 1.12 bits per heavy atom. The van der Waals surface area contributed by atoms with Crippen LogP contribution in [0.5, 0.6) is 0 Å². The third-order valence-corrected chi connectivity index (χ3v) is 15.8. The molecule has 6 fully saturated rings. The monoisotopic (exact) mass is 1160 g/mol. The summed E-state index contributed by atoms with van der Waals surface area (Å²) in [5.41, 5.74) is 30.2. The molecule has 78 heavy (non-hydrogen) atoms. The van der Waals surface area contributed by atoms with Gasteiger partial charge in [0.15, 0.2) is 65.6 Å². The minimum Gasteiger partial charge on any atom is -0.394 e. The van der Waals surface area contributed by atoms with Crippen molar-refractivity contribution in [1.29, 1.82) is 0 Å². The van der Waals surface area contributed by atoms with Gasteiger partial charge in [-0.2, -0.15) is 0 Å². The maximum atomic E-state index is 14.8. The molecule has 5 unspecified atom stereocenters. The molecule has 0 spiro atoms. The van der Waals surface area contributed by atoms with Crippen molar-refractivity contribution >= 4 is 28.4 Å². The van der Waals surface area contributed by atoms with Gasteiger partial charge in [0.25, 0.3) is 0 Å². The lowest BCUT2D eigenvalue weighted by molar-refractivity contribution is -0.356. The molecule has 36 heteroatoms. The number of thioether (sulfide) groups is 1. The van der Waals surface area contributed by atoms with Crippen LogP contribution in [0.1, 0.15) is 13.3 Å². The molecule has 6 saturated heterocycles. The summed E-state index contributed by atoms with van der Waals surface area (Å²) in [7, 11) is 0. The highest BCUT2D eigenvalue weighted by Crippen LogP contribution is 2.40. The van der Waals surface area contributed by atoms with Crippen LogP contribution < -0.4 is 34.4 Å². The van der Waals surface area contributed by atoms with Crippen molar-refractivity contribution in [2.24, 2.45) is 34.4 Å². The standard InChI is InChI=1S/C42H74N6O29S/c1-9(55)78-14(32(63)42(8-54)34(65)27(62)21(48)40(77-42)75-31-13(6-52)71-38(19(46)25(31)60)73-29-11(4-50)69-36(67)17(44)23(29)58)2-15(56)41(7-53)33(64)26(61)20(47)39(76-41)74-30-12(5-51)70-37(18(45)24(30)59)72-28-10(3-49)68-35(66)16(43)22(28)57/h10-14,16-31,33-40,49-54,57-62,64-67H,2-8,43-48H2,1H3/t10-,11-,12-,13-,14?,16-,17-,18-,19-,20-,21-,22-,23-,24-,25-,26-,27-,28?,29?,30?,31?,33+,34+,35-,36-,37+,38+,39+,40+,41+,42+/m1/s1. The quantitative estimate of drug-likeness (QED) is 0.0538. The Morgan fingerprint density at radius 1 is 0.462 bits per heavy atom. The molecule has 6 aliphatic heterocycles. The van der Waals surface area contributed by atoms with Gasteiger partial charge in [-0.3, -0.25) is 14.4 Å². The van der Waals surface area contributed by atoms with Crippen molar-refractivity contribution in [2.75, 3.05) is 39.6 Å². The van der Waals surface area contributed by atoms with Crippen molar-refractivity contribution in [3.05, 3.63) is 0 Å². The molecule has 0 radical (unpaired) electrons. The lowest BCUT2D eigenvalue weighted by atomic mass is 9.78. The fourth-order valence-electron chi connectivity index (χ4n) is 10.0.